The molecule has 6 aliphatic rings. The Labute approximate surface area is 331 Å². The fourth-order valence-electron chi connectivity index (χ4n) is 13.1. The van der Waals surface area contributed by atoms with E-state index >= 15 is 0 Å². The predicted octanol–water partition coefficient (Wildman–Crippen LogP) is 14.5. The monoisotopic (exact) mass is 721 g/mol. The Morgan fingerprint density at radius 1 is 0.411 bits per heavy atom. The van der Waals surface area contributed by atoms with Gasteiger partial charge in [0.25, 0.3) is 0 Å². The van der Waals surface area contributed by atoms with Gasteiger partial charge in [-0.25, -0.2) is 0 Å². The van der Waals surface area contributed by atoms with E-state index in [1.807, 2.05) is 0 Å². The molecule has 56 heavy (non-hydrogen) atoms. The topological polar surface area (TPSA) is 3.24 Å². The number of hydrogen-bond acceptors (Lipinski definition) is 1. The molecule has 1 heteroatoms. The lowest BCUT2D eigenvalue weighted by atomic mass is 9.43. The van der Waals surface area contributed by atoms with Crippen LogP contribution in [0.1, 0.15) is 68.2 Å². The average Bonchev–Trinajstić information content (AvgIpc) is 3.66. The molecule has 0 atom stereocenters. The molecule has 0 aromatic heterocycles. The lowest BCUT2D eigenvalue weighted by molar-refractivity contribution is -0.0399. The molecule has 0 N–H and O–H groups in total. The zero-order valence-corrected chi connectivity index (χ0v) is 32.4. The first-order chi connectivity index (χ1) is 27.5. The van der Waals surface area contributed by atoms with Crippen molar-refractivity contribution in [2.24, 2.45) is 23.7 Å². The number of rotatable bonds is 5. The van der Waals surface area contributed by atoms with Crippen LogP contribution < -0.4 is 4.90 Å². The Balaban J connectivity index is 1.03. The summed E-state index contributed by atoms with van der Waals surface area (Å²) in [4.78, 5) is 2.55. The van der Waals surface area contributed by atoms with Crippen LogP contribution in [-0.2, 0) is 10.8 Å². The van der Waals surface area contributed by atoms with E-state index < -0.39 is 0 Å². The first-order valence-electron chi connectivity index (χ1n) is 21.0. The summed E-state index contributed by atoms with van der Waals surface area (Å²) in [5.74, 6) is 3.29. The van der Waals surface area contributed by atoms with Gasteiger partial charge in [0.05, 0.1) is 5.69 Å². The van der Waals surface area contributed by atoms with Gasteiger partial charge in [-0.05, 0) is 147 Å². The lowest BCUT2D eigenvalue weighted by Crippen LogP contribution is -2.55. The molecular formula is C55H47N. The van der Waals surface area contributed by atoms with Crippen molar-refractivity contribution in [3.8, 4) is 44.5 Å². The fourth-order valence-corrected chi connectivity index (χ4v) is 13.1. The van der Waals surface area contributed by atoms with Gasteiger partial charge < -0.3 is 4.90 Å². The van der Waals surface area contributed by atoms with E-state index in [4.69, 9.17) is 0 Å². The van der Waals surface area contributed by atoms with Gasteiger partial charge in [-0.1, -0.05) is 147 Å². The molecule has 4 bridgehead atoms. The van der Waals surface area contributed by atoms with Gasteiger partial charge >= 0.3 is 0 Å². The van der Waals surface area contributed by atoms with Gasteiger partial charge in [0.2, 0.25) is 0 Å². The van der Waals surface area contributed by atoms with Gasteiger partial charge in [-0.15, -0.1) is 0 Å². The van der Waals surface area contributed by atoms with Crippen molar-refractivity contribution in [2.45, 2.75) is 56.8 Å². The maximum Gasteiger partial charge on any atom is 0.0540 e. The van der Waals surface area contributed by atoms with E-state index in [0.29, 0.717) is 0 Å². The van der Waals surface area contributed by atoms with E-state index in [2.05, 4.69) is 183 Å². The SMILES string of the molecule is CC1(C)c2ccccc2-c2cccc(-c3ccc(N(c4ccc5c(c4)C4(c6ccccc6-5)C5CC6CC(C5)CC4C6)c4ccccc4-c4ccccc4)cc3)c21. The third-order valence-corrected chi connectivity index (χ3v) is 15.0. The van der Waals surface area contributed by atoms with Crippen molar-refractivity contribution >= 4 is 17.1 Å². The molecule has 0 aliphatic heterocycles. The van der Waals surface area contributed by atoms with Crippen LogP contribution in [0.3, 0.4) is 0 Å². The smallest absolute Gasteiger partial charge is 0.0540 e. The van der Waals surface area contributed by atoms with Crippen molar-refractivity contribution in [1.82, 2.24) is 0 Å². The second-order valence-electron chi connectivity index (χ2n) is 18.1. The van der Waals surface area contributed by atoms with E-state index in [0.717, 1.165) is 23.7 Å². The highest BCUT2D eigenvalue weighted by Gasteiger charge is 2.61. The Kier molecular flexibility index (Phi) is 6.93. The van der Waals surface area contributed by atoms with Crippen LogP contribution in [0.15, 0.2) is 164 Å². The molecule has 0 heterocycles. The molecule has 1 spiro atoms. The zero-order chi connectivity index (χ0) is 37.2. The van der Waals surface area contributed by atoms with Crippen molar-refractivity contribution in [3.63, 3.8) is 0 Å². The average molecular weight is 722 g/mol. The molecule has 4 fully saturated rings. The summed E-state index contributed by atoms with van der Waals surface area (Å²) in [7, 11) is 0. The largest absolute Gasteiger partial charge is 0.310 e. The summed E-state index contributed by atoms with van der Waals surface area (Å²) in [5.41, 5.74) is 20.5. The molecule has 13 rings (SSSR count). The van der Waals surface area contributed by atoms with Crippen molar-refractivity contribution < 1.29 is 0 Å². The van der Waals surface area contributed by atoms with Crippen LogP contribution in [0.25, 0.3) is 44.5 Å². The zero-order valence-electron chi connectivity index (χ0n) is 32.4. The number of anilines is 3. The summed E-state index contributed by atoms with van der Waals surface area (Å²) in [6, 6.07) is 62.2. The van der Waals surface area contributed by atoms with E-state index in [1.165, 1.54) is 105 Å². The highest BCUT2D eigenvalue weighted by atomic mass is 15.1. The van der Waals surface area contributed by atoms with Crippen LogP contribution in [-0.4, -0.2) is 0 Å². The van der Waals surface area contributed by atoms with Crippen molar-refractivity contribution in [3.05, 3.63) is 186 Å². The third-order valence-electron chi connectivity index (χ3n) is 15.0. The van der Waals surface area contributed by atoms with Gasteiger partial charge in [-0.3, -0.25) is 0 Å². The van der Waals surface area contributed by atoms with E-state index in [-0.39, 0.29) is 10.8 Å². The molecule has 7 aromatic rings. The molecule has 0 unspecified atom stereocenters. The quantitative estimate of drug-likeness (QED) is 0.171. The minimum Gasteiger partial charge on any atom is -0.310 e. The number of nitrogens with zero attached hydrogens (tertiary/aromatic N) is 1. The maximum absolute atomic E-state index is 2.64. The van der Waals surface area contributed by atoms with Gasteiger partial charge in [0.15, 0.2) is 0 Å². The predicted molar refractivity (Wildman–Crippen MR) is 233 cm³/mol. The Morgan fingerprint density at radius 2 is 0.946 bits per heavy atom. The van der Waals surface area contributed by atoms with E-state index in [9.17, 15) is 0 Å². The summed E-state index contributed by atoms with van der Waals surface area (Å²) in [6.45, 7) is 4.78. The molecule has 7 aromatic carbocycles. The van der Waals surface area contributed by atoms with Crippen LogP contribution in [0.4, 0.5) is 17.1 Å². The Bertz CT molecular complexity index is 2650. The second-order valence-corrected chi connectivity index (χ2v) is 18.1. The minimum absolute atomic E-state index is 0.0717. The number of benzene rings is 7. The molecule has 272 valence electrons. The van der Waals surface area contributed by atoms with Gasteiger partial charge in [0.1, 0.15) is 0 Å². The third kappa shape index (κ3) is 4.43. The summed E-state index contributed by atoms with van der Waals surface area (Å²) in [6.07, 6.45) is 7.01. The summed E-state index contributed by atoms with van der Waals surface area (Å²) in [5, 5.41) is 0. The lowest BCUT2D eigenvalue weighted by Gasteiger charge is -2.61. The summed E-state index contributed by atoms with van der Waals surface area (Å²) < 4.78 is 0. The Hall–Kier alpha value is -5.66. The molecule has 0 saturated heterocycles. The second kappa shape index (κ2) is 11.9. The van der Waals surface area contributed by atoms with Gasteiger partial charge in [0, 0.05) is 27.8 Å². The normalized spacial score (nSPS) is 24.1. The van der Waals surface area contributed by atoms with E-state index in [1.54, 1.807) is 11.1 Å². The number of fused-ring (bicyclic) bond motifs is 6. The van der Waals surface area contributed by atoms with Crippen molar-refractivity contribution in [1.29, 1.82) is 0 Å². The molecular weight excluding hydrogens is 675 g/mol. The molecule has 4 saturated carbocycles. The van der Waals surface area contributed by atoms with Crippen molar-refractivity contribution in [2.75, 3.05) is 4.90 Å². The van der Waals surface area contributed by atoms with Crippen LogP contribution in [0.5, 0.6) is 0 Å². The van der Waals surface area contributed by atoms with Gasteiger partial charge in [-0.2, -0.15) is 0 Å². The summed E-state index contributed by atoms with van der Waals surface area (Å²) >= 11 is 0. The molecule has 6 aliphatic carbocycles. The maximum atomic E-state index is 2.64. The number of hydrogen-bond donors (Lipinski definition) is 0. The van der Waals surface area contributed by atoms with Crippen LogP contribution in [0.2, 0.25) is 0 Å². The fraction of sp³-hybridized carbons (Fsp3) is 0.236. The Morgan fingerprint density at radius 3 is 1.68 bits per heavy atom. The molecule has 0 amide bonds. The number of para-hydroxylation sites is 1. The molecule has 0 radical (unpaired) electrons. The highest BCUT2D eigenvalue weighted by molar-refractivity contribution is 5.92. The standard InChI is InChI=1S/C55H47N/c1-54(2)49-20-9-6-17-46(49)48-19-12-18-44(53(48)54)38-23-25-41(26-24-38)56(52-22-11-8-15-43(52)37-13-4-3-5-14-37)42-27-28-47-45-16-7-10-21-50(45)55(51(47)34-42)39-30-35-29-36(32-39)33-40(55)31-35/h3-28,34-36,39-40H,29-33H2,1-2H3. The molecule has 1 nitrogen and oxygen atoms in total. The highest BCUT2D eigenvalue weighted by Crippen LogP contribution is 2.69. The first-order valence-corrected chi connectivity index (χ1v) is 21.0. The minimum atomic E-state index is -0.0717. The van der Waals surface area contributed by atoms with Crippen LogP contribution >= 0.6 is 0 Å². The van der Waals surface area contributed by atoms with Crippen LogP contribution in [0, 0.1) is 23.7 Å². The first kappa shape index (κ1) is 32.6.